The summed E-state index contributed by atoms with van der Waals surface area (Å²) in [5, 5.41) is 3.48. The van der Waals surface area contributed by atoms with Gasteiger partial charge in [-0.25, -0.2) is 0 Å². The molecule has 8 heteroatoms. The van der Waals surface area contributed by atoms with Crippen LogP contribution < -0.4 is 20.2 Å². The van der Waals surface area contributed by atoms with Gasteiger partial charge in [-0.05, 0) is 29.9 Å². The smallest absolute Gasteiger partial charge is 0.231 e. The zero-order chi connectivity index (χ0) is 13.7. The Morgan fingerprint density at radius 3 is 2.89 bits per heavy atom. The summed E-state index contributed by atoms with van der Waals surface area (Å²) in [5.41, 5.74) is 3.40. The number of fused-ring (bicyclic) bond motifs is 1. The summed E-state index contributed by atoms with van der Waals surface area (Å²) in [5.74, 6) is 1.31. The first-order chi connectivity index (χ1) is 9.22. The number of hydrazine groups is 1. The molecule has 0 radical (unpaired) electrons. The standard InChI is InChI=1S/C11H11N3O4S/c15-5-12-11(19)13-14(6-16)4-8-1-2-9-10(3-8)18-7-17-9/h1-3,5-6H,4,7H2,(H2,12,13,15,19). The van der Waals surface area contributed by atoms with Crippen molar-refractivity contribution in [2.75, 3.05) is 6.79 Å². The summed E-state index contributed by atoms with van der Waals surface area (Å²) in [7, 11) is 0. The molecule has 1 heterocycles. The van der Waals surface area contributed by atoms with Gasteiger partial charge in [-0.1, -0.05) is 6.07 Å². The third kappa shape index (κ3) is 3.32. The number of carbonyl (C=O) groups is 2. The second-order valence-electron chi connectivity index (χ2n) is 3.62. The Hall–Kier alpha value is -2.35. The molecule has 0 atom stereocenters. The van der Waals surface area contributed by atoms with Crippen LogP contribution in [0.2, 0.25) is 0 Å². The third-order valence-corrected chi connectivity index (χ3v) is 2.56. The van der Waals surface area contributed by atoms with Crippen LogP contribution in [0.3, 0.4) is 0 Å². The Bertz CT molecular complexity index is 509. The van der Waals surface area contributed by atoms with Gasteiger partial charge in [-0.15, -0.1) is 0 Å². The fourth-order valence-corrected chi connectivity index (χ4v) is 1.72. The van der Waals surface area contributed by atoms with Gasteiger partial charge in [-0.2, -0.15) is 0 Å². The van der Waals surface area contributed by atoms with Gasteiger partial charge in [0.15, 0.2) is 16.6 Å². The number of thiocarbonyl (C=S) groups is 1. The summed E-state index contributed by atoms with van der Waals surface area (Å²) in [6, 6.07) is 5.35. The van der Waals surface area contributed by atoms with Gasteiger partial charge >= 0.3 is 0 Å². The number of carbonyl (C=O) groups excluding carboxylic acids is 2. The van der Waals surface area contributed by atoms with Gasteiger partial charge in [-0.3, -0.25) is 20.0 Å². The minimum atomic E-state index is 0.0443. The highest BCUT2D eigenvalue weighted by atomic mass is 32.1. The van der Waals surface area contributed by atoms with E-state index >= 15 is 0 Å². The van der Waals surface area contributed by atoms with Gasteiger partial charge in [0.2, 0.25) is 19.6 Å². The minimum absolute atomic E-state index is 0.0443. The second-order valence-corrected chi connectivity index (χ2v) is 4.03. The van der Waals surface area contributed by atoms with Gasteiger partial charge in [0, 0.05) is 0 Å². The van der Waals surface area contributed by atoms with Crippen LogP contribution in [-0.4, -0.2) is 29.7 Å². The van der Waals surface area contributed by atoms with Crippen LogP contribution in [0.5, 0.6) is 11.5 Å². The molecule has 0 aromatic heterocycles. The van der Waals surface area contributed by atoms with E-state index in [0.717, 1.165) is 5.56 Å². The van der Waals surface area contributed by atoms with Crippen LogP contribution in [0, 0.1) is 0 Å². The Kier molecular flexibility index (Phi) is 4.14. The van der Waals surface area contributed by atoms with Crippen molar-refractivity contribution < 1.29 is 19.1 Å². The summed E-state index contributed by atoms with van der Waals surface area (Å²) < 4.78 is 10.4. The number of rotatable bonds is 5. The first-order valence-electron chi connectivity index (χ1n) is 5.34. The van der Waals surface area contributed by atoms with Gasteiger partial charge < -0.3 is 14.8 Å². The third-order valence-electron chi connectivity index (χ3n) is 2.35. The normalized spacial score (nSPS) is 11.6. The zero-order valence-corrected chi connectivity index (χ0v) is 10.6. The van der Waals surface area contributed by atoms with E-state index in [-0.39, 0.29) is 18.5 Å². The Morgan fingerprint density at radius 1 is 1.37 bits per heavy atom. The maximum atomic E-state index is 10.9. The van der Waals surface area contributed by atoms with Crippen molar-refractivity contribution in [2.45, 2.75) is 6.54 Å². The Balaban J connectivity index is 2.00. The topological polar surface area (TPSA) is 79.9 Å². The molecule has 2 N–H and O–H groups in total. The summed E-state index contributed by atoms with van der Waals surface area (Å²) in [6.07, 6.45) is 1.00. The van der Waals surface area contributed by atoms with Crippen LogP contribution in [-0.2, 0) is 16.1 Å². The van der Waals surface area contributed by atoms with Crippen LogP contribution in [0.4, 0.5) is 0 Å². The molecule has 19 heavy (non-hydrogen) atoms. The van der Waals surface area contributed by atoms with E-state index < -0.39 is 0 Å². The molecule has 2 amide bonds. The quantitative estimate of drug-likeness (QED) is 0.446. The van der Waals surface area contributed by atoms with E-state index in [0.29, 0.717) is 24.3 Å². The first kappa shape index (κ1) is 13.1. The van der Waals surface area contributed by atoms with Crippen molar-refractivity contribution in [2.24, 2.45) is 0 Å². The average molecular weight is 281 g/mol. The summed E-state index contributed by atoms with van der Waals surface area (Å²) >= 11 is 4.79. The van der Waals surface area contributed by atoms with Gasteiger partial charge in [0.1, 0.15) is 0 Å². The van der Waals surface area contributed by atoms with E-state index in [2.05, 4.69) is 10.7 Å². The van der Waals surface area contributed by atoms with Crippen molar-refractivity contribution in [3.05, 3.63) is 23.8 Å². The molecule has 0 unspecified atom stereocenters. The fraction of sp³-hybridized carbons (Fsp3) is 0.182. The molecule has 1 aromatic carbocycles. The zero-order valence-electron chi connectivity index (χ0n) is 9.79. The molecule has 7 nitrogen and oxygen atoms in total. The van der Waals surface area contributed by atoms with Crippen molar-refractivity contribution in [3.63, 3.8) is 0 Å². The number of amides is 2. The molecule has 100 valence electrons. The Labute approximate surface area is 114 Å². The molecular formula is C11H11N3O4S. The van der Waals surface area contributed by atoms with Crippen molar-refractivity contribution >= 4 is 30.2 Å². The van der Waals surface area contributed by atoms with Crippen molar-refractivity contribution in [1.82, 2.24) is 15.8 Å². The average Bonchev–Trinajstić information content (AvgIpc) is 2.85. The molecular weight excluding hydrogens is 270 g/mol. The highest BCUT2D eigenvalue weighted by molar-refractivity contribution is 7.80. The molecule has 0 fully saturated rings. The lowest BCUT2D eigenvalue weighted by atomic mass is 10.2. The lowest BCUT2D eigenvalue weighted by Crippen LogP contribution is -2.45. The molecule has 0 spiro atoms. The molecule has 2 rings (SSSR count). The number of ether oxygens (including phenoxy) is 2. The molecule has 0 aliphatic carbocycles. The maximum Gasteiger partial charge on any atom is 0.231 e. The number of hydrogen-bond acceptors (Lipinski definition) is 5. The van der Waals surface area contributed by atoms with Gasteiger partial charge in [0.05, 0.1) is 6.54 Å². The molecule has 0 bridgehead atoms. The van der Waals surface area contributed by atoms with Crippen molar-refractivity contribution in [1.29, 1.82) is 0 Å². The number of nitrogens with zero attached hydrogens (tertiary/aromatic N) is 1. The monoisotopic (exact) mass is 281 g/mol. The van der Waals surface area contributed by atoms with Crippen LogP contribution in [0.15, 0.2) is 18.2 Å². The minimum Gasteiger partial charge on any atom is -0.454 e. The highest BCUT2D eigenvalue weighted by Gasteiger charge is 2.14. The molecule has 1 aliphatic heterocycles. The molecule has 0 saturated heterocycles. The van der Waals surface area contributed by atoms with E-state index in [1.807, 2.05) is 6.07 Å². The predicted molar refractivity (Wildman–Crippen MR) is 69.1 cm³/mol. The number of nitrogens with one attached hydrogen (secondary N) is 2. The largest absolute Gasteiger partial charge is 0.454 e. The predicted octanol–water partition coefficient (Wildman–Crippen LogP) is -0.0908. The molecule has 1 aromatic rings. The van der Waals surface area contributed by atoms with Crippen LogP contribution >= 0.6 is 12.2 Å². The maximum absolute atomic E-state index is 10.9. The fourth-order valence-electron chi connectivity index (χ4n) is 1.56. The molecule has 0 saturated carbocycles. The SMILES string of the molecule is O=CNC(=S)NN(C=O)Cc1ccc2c(c1)OCO2. The summed E-state index contributed by atoms with van der Waals surface area (Å²) in [4.78, 5) is 21.1. The highest BCUT2D eigenvalue weighted by Crippen LogP contribution is 2.32. The second kappa shape index (κ2) is 6.01. The lowest BCUT2D eigenvalue weighted by Gasteiger charge is -2.19. The van der Waals surface area contributed by atoms with Crippen LogP contribution in [0.1, 0.15) is 5.56 Å². The van der Waals surface area contributed by atoms with Gasteiger partial charge in [0.25, 0.3) is 0 Å². The molecule has 1 aliphatic rings. The summed E-state index contributed by atoms with van der Waals surface area (Å²) in [6.45, 7) is 0.461. The Morgan fingerprint density at radius 2 is 2.16 bits per heavy atom. The van der Waals surface area contributed by atoms with E-state index in [1.54, 1.807) is 12.1 Å². The lowest BCUT2D eigenvalue weighted by molar-refractivity contribution is -0.120. The van der Waals surface area contributed by atoms with E-state index in [9.17, 15) is 9.59 Å². The van der Waals surface area contributed by atoms with E-state index in [1.165, 1.54) is 5.01 Å². The number of hydrogen-bond donors (Lipinski definition) is 2. The van der Waals surface area contributed by atoms with Crippen molar-refractivity contribution in [3.8, 4) is 11.5 Å². The van der Waals surface area contributed by atoms with E-state index in [4.69, 9.17) is 21.7 Å². The number of benzene rings is 1. The van der Waals surface area contributed by atoms with Crippen LogP contribution in [0.25, 0.3) is 0 Å². The first-order valence-corrected chi connectivity index (χ1v) is 5.75.